The third-order valence-electron chi connectivity index (χ3n) is 5.08. The Labute approximate surface area is 109 Å². The molecular weight excluding hydrogens is 232 g/mol. The van der Waals surface area contributed by atoms with Gasteiger partial charge in [-0.25, -0.2) is 0 Å². The van der Waals surface area contributed by atoms with Crippen LogP contribution in [0.5, 0.6) is 0 Å². The Morgan fingerprint density at radius 1 is 1.12 bits per heavy atom. The molecule has 2 nitrogen and oxygen atoms in total. The van der Waals surface area contributed by atoms with E-state index < -0.39 is 5.60 Å². The van der Waals surface area contributed by atoms with Crippen LogP contribution in [0.1, 0.15) is 51.9 Å². The van der Waals surface area contributed by atoms with E-state index >= 15 is 0 Å². The molecule has 0 spiro atoms. The molecule has 1 saturated carbocycles. The molecule has 2 atom stereocenters. The zero-order chi connectivity index (χ0) is 12.4. The summed E-state index contributed by atoms with van der Waals surface area (Å²) in [6.45, 7) is 2.45. The van der Waals surface area contributed by atoms with Gasteiger partial charge in [0.1, 0.15) is 0 Å². The minimum atomic E-state index is -0.604. The highest BCUT2D eigenvalue weighted by Gasteiger charge is 2.50. The van der Waals surface area contributed by atoms with Crippen molar-refractivity contribution < 1.29 is 10.2 Å². The second kappa shape index (κ2) is 5.50. The lowest BCUT2D eigenvalue weighted by Gasteiger charge is -2.48. The van der Waals surface area contributed by atoms with Gasteiger partial charge in [0, 0.05) is 5.41 Å². The lowest BCUT2D eigenvalue weighted by molar-refractivity contribution is -0.124. The molecule has 2 N–H and O–H groups in total. The van der Waals surface area contributed by atoms with Crippen molar-refractivity contribution in [3.8, 4) is 0 Å². The normalized spacial score (nSPS) is 38.6. The zero-order valence-corrected chi connectivity index (χ0v) is 11.8. The highest BCUT2D eigenvalue weighted by molar-refractivity contribution is 7.99. The summed E-state index contributed by atoms with van der Waals surface area (Å²) < 4.78 is 0. The van der Waals surface area contributed by atoms with Crippen molar-refractivity contribution in [1.29, 1.82) is 0 Å². The topological polar surface area (TPSA) is 40.5 Å². The van der Waals surface area contributed by atoms with Gasteiger partial charge in [0.15, 0.2) is 0 Å². The number of aliphatic hydroxyl groups is 2. The quantitative estimate of drug-likeness (QED) is 0.748. The van der Waals surface area contributed by atoms with Crippen molar-refractivity contribution in [2.24, 2.45) is 11.3 Å². The molecule has 1 saturated heterocycles. The molecule has 2 aliphatic rings. The number of hydrogen-bond donors (Lipinski definition) is 2. The van der Waals surface area contributed by atoms with Gasteiger partial charge in [0.05, 0.1) is 12.2 Å². The Morgan fingerprint density at radius 3 is 2.47 bits per heavy atom. The first-order chi connectivity index (χ1) is 8.12. The number of rotatable bonds is 2. The number of hydrogen-bond acceptors (Lipinski definition) is 3. The second-order valence-electron chi connectivity index (χ2n) is 6.12. The van der Waals surface area contributed by atoms with Crippen molar-refractivity contribution in [2.75, 3.05) is 18.1 Å². The molecule has 1 aliphatic carbocycles. The third kappa shape index (κ3) is 2.66. The average molecular weight is 258 g/mol. The molecule has 0 aromatic rings. The van der Waals surface area contributed by atoms with Crippen LogP contribution in [-0.4, -0.2) is 33.9 Å². The van der Waals surface area contributed by atoms with Gasteiger partial charge in [-0.05, 0) is 49.5 Å². The maximum absolute atomic E-state index is 11.1. The van der Waals surface area contributed by atoms with Gasteiger partial charge < -0.3 is 10.2 Å². The van der Waals surface area contributed by atoms with Crippen LogP contribution in [0.3, 0.4) is 0 Å². The first-order valence-corrected chi connectivity index (χ1v) is 8.18. The van der Waals surface area contributed by atoms with E-state index in [-0.39, 0.29) is 12.0 Å². The molecule has 0 radical (unpaired) electrons. The van der Waals surface area contributed by atoms with Crippen LogP contribution >= 0.6 is 11.8 Å². The number of aliphatic hydroxyl groups excluding tert-OH is 1. The third-order valence-corrected chi connectivity index (χ3v) is 6.06. The minimum Gasteiger partial charge on any atom is -0.396 e. The van der Waals surface area contributed by atoms with E-state index in [1.165, 1.54) is 6.42 Å². The zero-order valence-electron chi connectivity index (χ0n) is 11.0. The Kier molecular flexibility index (Phi) is 4.43. The molecule has 2 unspecified atom stereocenters. The highest BCUT2D eigenvalue weighted by Crippen LogP contribution is 2.49. The first kappa shape index (κ1) is 13.7. The summed E-state index contributed by atoms with van der Waals surface area (Å²) in [5, 5.41) is 20.9. The van der Waals surface area contributed by atoms with Crippen LogP contribution in [0, 0.1) is 11.3 Å². The summed E-state index contributed by atoms with van der Waals surface area (Å²) in [4.78, 5) is 0. The predicted octanol–water partition coefficient (Wildman–Crippen LogP) is 2.82. The smallest absolute Gasteiger partial charge is 0.0726 e. The summed E-state index contributed by atoms with van der Waals surface area (Å²) in [5.74, 6) is 2.93. The van der Waals surface area contributed by atoms with Gasteiger partial charge in [-0.15, -0.1) is 0 Å². The fraction of sp³-hybridized carbons (Fsp3) is 1.00. The average Bonchev–Trinajstić information content (AvgIpc) is 2.53. The summed E-state index contributed by atoms with van der Waals surface area (Å²) in [5.41, 5.74) is -0.810. The number of thioether (sulfide) groups is 1. The van der Waals surface area contributed by atoms with E-state index in [1.54, 1.807) is 0 Å². The Bertz CT molecular complexity index is 251. The Morgan fingerprint density at radius 2 is 1.82 bits per heavy atom. The van der Waals surface area contributed by atoms with E-state index in [2.05, 4.69) is 6.92 Å². The van der Waals surface area contributed by atoms with Gasteiger partial charge in [-0.1, -0.05) is 19.8 Å². The lowest BCUT2D eigenvalue weighted by Crippen LogP contribution is -2.52. The molecule has 3 heteroatoms. The summed E-state index contributed by atoms with van der Waals surface area (Å²) >= 11 is 1.96. The van der Waals surface area contributed by atoms with Gasteiger partial charge in [-0.3, -0.25) is 0 Å². The maximum Gasteiger partial charge on any atom is 0.0726 e. The van der Waals surface area contributed by atoms with Crippen LogP contribution in [-0.2, 0) is 0 Å². The van der Waals surface area contributed by atoms with E-state index in [1.807, 2.05) is 11.8 Å². The minimum absolute atomic E-state index is 0.165. The summed E-state index contributed by atoms with van der Waals surface area (Å²) in [7, 11) is 0. The van der Waals surface area contributed by atoms with Crippen molar-refractivity contribution in [3.63, 3.8) is 0 Å². The van der Waals surface area contributed by atoms with E-state index in [4.69, 9.17) is 0 Å². The van der Waals surface area contributed by atoms with Crippen LogP contribution in [0.25, 0.3) is 0 Å². The molecule has 100 valence electrons. The van der Waals surface area contributed by atoms with Gasteiger partial charge in [-0.2, -0.15) is 11.8 Å². The molecule has 17 heavy (non-hydrogen) atoms. The monoisotopic (exact) mass is 258 g/mol. The van der Waals surface area contributed by atoms with E-state index in [0.717, 1.165) is 55.9 Å². The Balaban J connectivity index is 2.15. The molecule has 2 rings (SSSR count). The van der Waals surface area contributed by atoms with Crippen molar-refractivity contribution in [1.82, 2.24) is 0 Å². The van der Waals surface area contributed by atoms with Crippen LogP contribution in [0.4, 0.5) is 0 Å². The van der Waals surface area contributed by atoms with Crippen LogP contribution < -0.4 is 0 Å². The summed E-state index contributed by atoms with van der Waals surface area (Å²) in [6, 6.07) is 0. The molecule has 0 aromatic carbocycles. The molecule has 0 amide bonds. The van der Waals surface area contributed by atoms with E-state index in [0.29, 0.717) is 0 Å². The highest BCUT2D eigenvalue weighted by atomic mass is 32.2. The molecule has 1 aliphatic heterocycles. The van der Waals surface area contributed by atoms with Gasteiger partial charge in [0.2, 0.25) is 0 Å². The SMILES string of the molecule is CC1CCCC(O)(C2(CO)CCSCC2)CC1. The molecule has 0 aromatic heterocycles. The standard InChI is InChI=1S/C14H26O2S/c1-12-3-2-5-14(16,6-4-12)13(11-15)7-9-17-10-8-13/h12,15-16H,2-11H2,1H3. The van der Waals surface area contributed by atoms with Crippen LogP contribution in [0.2, 0.25) is 0 Å². The molecule has 1 heterocycles. The first-order valence-electron chi connectivity index (χ1n) is 7.03. The fourth-order valence-electron chi connectivity index (χ4n) is 3.56. The van der Waals surface area contributed by atoms with Gasteiger partial charge in [0.25, 0.3) is 0 Å². The largest absolute Gasteiger partial charge is 0.396 e. The van der Waals surface area contributed by atoms with Gasteiger partial charge >= 0.3 is 0 Å². The summed E-state index contributed by atoms with van der Waals surface area (Å²) in [6.07, 6.45) is 7.22. The fourth-order valence-corrected chi connectivity index (χ4v) is 4.83. The lowest BCUT2D eigenvalue weighted by atomic mass is 9.65. The molecule has 2 fully saturated rings. The van der Waals surface area contributed by atoms with Crippen molar-refractivity contribution >= 4 is 11.8 Å². The maximum atomic E-state index is 11.1. The van der Waals surface area contributed by atoms with E-state index in [9.17, 15) is 10.2 Å². The van der Waals surface area contributed by atoms with Crippen LogP contribution in [0.15, 0.2) is 0 Å². The molecular formula is C14H26O2S. The van der Waals surface area contributed by atoms with Crippen molar-refractivity contribution in [3.05, 3.63) is 0 Å². The predicted molar refractivity (Wildman–Crippen MR) is 73.3 cm³/mol. The molecule has 0 bridgehead atoms. The Hall–Kier alpha value is 0.270. The van der Waals surface area contributed by atoms with Crippen molar-refractivity contribution in [2.45, 2.75) is 57.5 Å². The second-order valence-corrected chi connectivity index (χ2v) is 7.34.